The number of hydrogen-bond donors (Lipinski definition) is 2. The fourth-order valence-electron chi connectivity index (χ4n) is 2.76. The molecule has 140 valence electrons. The van der Waals surface area contributed by atoms with E-state index in [9.17, 15) is 9.59 Å². The minimum absolute atomic E-state index is 0.0569. The molecule has 0 saturated carbocycles. The zero-order valence-electron chi connectivity index (χ0n) is 15.4. The molecule has 1 atom stereocenters. The van der Waals surface area contributed by atoms with Crippen LogP contribution in [-0.2, 0) is 7.05 Å². The molecular weight excluding hydrogens is 346 g/mol. The maximum absolute atomic E-state index is 12.7. The third kappa shape index (κ3) is 4.25. The molecule has 0 fully saturated rings. The largest absolute Gasteiger partial charge is 0.342 e. The van der Waals surface area contributed by atoms with E-state index in [-0.39, 0.29) is 11.6 Å². The smallest absolute Gasteiger partial charge is 0.264 e. The fourth-order valence-corrected chi connectivity index (χ4v) is 2.76. The van der Waals surface area contributed by atoms with Crippen molar-refractivity contribution in [3.63, 3.8) is 0 Å². The molecule has 9 heteroatoms. The van der Waals surface area contributed by atoms with Crippen LogP contribution in [0, 0.1) is 5.92 Å². The Bertz CT molecular complexity index is 979. The molecule has 0 bridgehead atoms. The SMILES string of the molecule is CC(C)C[C@@H](NC(=O)c1cnc(-c2cccnc2)[nH]c1=O)c1ncnn1C. The van der Waals surface area contributed by atoms with Crippen molar-refractivity contribution >= 4 is 5.91 Å². The first-order valence-corrected chi connectivity index (χ1v) is 8.60. The standard InChI is InChI=1S/C18H21N7O2/c1-11(2)7-14(16-21-10-22-25(16)3)23-17(26)13-9-20-15(24-18(13)27)12-5-4-6-19-8-12/h4-6,8-11,14H,7H2,1-3H3,(H,23,26)(H,20,24,27)/t14-/m1/s1. The van der Waals surface area contributed by atoms with E-state index < -0.39 is 11.5 Å². The zero-order chi connectivity index (χ0) is 19.4. The highest BCUT2D eigenvalue weighted by Crippen LogP contribution is 2.19. The van der Waals surface area contributed by atoms with Gasteiger partial charge in [0.05, 0.1) is 6.04 Å². The maximum Gasteiger partial charge on any atom is 0.264 e. The van der Waals surface area contributed by atoms with Gasteiger partial charge in [-0.15, -0.1) is 0 Å². The third-order valence-corrected chi connectivity index (χ3v) is 4.05. The average molecular weight is 367 g/mol. The molecule has 0 aromatic carbocycles. The van der Waals surface area contributed by atoms with E-state index in [1.54, 1.807) is 36.3 Å². The molecule has 3 aromatic rings. The zero-order valence-corrected chi connectivity index (χ0v) is 15.4. The van der Waals surface area contributed by atoms with Crippen LogP contribution in [0.15, 0.2) is 41.8 Å². The topological polar surface area (TPSA) is 118 Å². The van der Waals surface area contributed by atoms with Crippen LogP contribution in [0.3, 0.4) is 0 Å². The molecule has 3 aromatic heterocycles. The molecule has 0 saturated heterocycles. The summed E-state index contributed by atoms with van der Waals surface area (Å²) in [6.07, 6.45) is 6.60. The van der Waals surface area contributed by atoms with Crippen molar-refractivity contribution in [3.05, 3.63) is 58.8 Å². The molecule has 3 rings (SSSR count). The molecule has 3 heterocycles. The molecule has 0 aliphatic heterocycles. The number of hydrogen-bond acceptors (Lipinski definition) is 6. The molecule has 9 nitrogen and oxygen atoms in total. The van der Waals surface area contributed by atoms with Crippen molar-refractivity contribution in [1.82, 2.24) is 35.0 Å². The summed E-state index contributed by atoms with van der Waals surface area (Å²) in [5, 5.41) is 6.93. The van der Waals surface area contributed by atoms with Gasteiger partial charge >= 0.3 is 0 Å². The Balaban J connectivity index is 1.84. The van der Waals surface area contributed by atoms with Gasteiger partial charge in [-0.25, -0.2) is 9.97 Å². The Morgan fingerprint density at radius 3 is 2.70 bits per heavy atom. The number of amides is 1. The number of nitrogens with one attached hydrogen (secondary N) is 2. The van der Waals surface area contributed by atoms with Gasteiger partial charge in [-0.2, -0.15) is 5.10 Å². The van der Waals surface area contributed by atoms with Crippen molar-refractivity contribution in [1.29, 1.82) is 0 Å². The summed E-state index contributed by atoms with van der Waals surface area (Å²) >= 11 is 0. The van der Waals surface area contributed by atoms with Crippen LogP contribution in [-0.4, -0.2) is 35.6 Å². The highest BCUT2D eigenvalue weighted by molar-refractivity contribution is 5.93. The van der Waals surface area contributed by atoms with Crippen molar-refractivity contribution < 1.29 is 4.79 Å². The molecule has 0 aliphatic rings. The number of carbonyl (C=O) groups is 1. The van der Waals surface area contributed by atoms with E-state index in [2.05, 4.69) is 30.4 Å². The monoisotopic (exact) mass is 367 g/mol. The van der Waals surface area contributed by atoms with Gasteiger partial charge < -0.3 is 10.3 Å². The van der Waals surface area contributed by atoms with Gasteiger partial charge in [-0.3, -0.25) is 19.3 Å². The summed E-state index contributed by atoms with van der Waals surface area (Å²) in [6, 6.07) is 3.16. The number of rotatable bonds is 6. The predicted molar refractivity (Wildman–Crippen MR) is 98.8 cm³/mol. The van der Waals surface area contributed by atoms with Crippen LogP contribution in [0.1, 0.15) is 42.5 Å². The lowest BCUT2D eigenvalue weighted by Crippen LogP contribution is -2.35. The van der Waals surface area contributed by atoms with Crippen molar-refractivity contribution in [2.45, 2.75) is 26.3 Å². The quantitative estimate of drug-likeness (QED) is 0.681. The number of carbonyl (C=O) groups excluding carboxylic acids is 1. The van der Waals surface area contributed by atoms with Crippen LogP contribution in [0.5, 0.6) is 0 Å². The Morgan fingerprint density at radius 2 is 2.11 bits per heavy atom. The molecule has 1 amide bonds. The number of nitrogens with zero attached hydrogens (tertiary/aromatic N) is 5. The molecule has 27 heavy (non-hydrogen) atoms. The second-order valence-electron chi connectivity index (χ2n) is 6.61. The van der Waals surface area contributed by atoms with Gasteiger partial charge in [0.1, 0.15) is 23.5 Å². The maximum atomic E-state index is 12.7. The van der Waals surface area contributed by atoms with E-state index in [1.807, 2.05) is 13.8 Å². The van der Waals surface area contributed by atoms with E-state index in [1.165, 1.54) is 12.5 Å². The highest BCUT2D eigenvalue weighted by atomic mass is 16.2. The molecule has 0 spiro atoms. The van der Waals surface area contributed by atoms with Crippen LogP contribution in [0.2, 0.25) is 0 Å². The van der Waals surface area contributed by atoms with Gasteiger partial charge in [-0.05, 0) is 24.5 Å². The summed E-state index contributed by atoms with van der Waals surface area (Å²) in [6.45, 7) is 4.10. The number of aromatic amines is 1. The van der Waals surface area contributed by atoms with Gasteiger partial charge in [0, 0.05) is 31.2 Å². The van der Waals surface area contributed by atoms with Crippen LogP contribution in [0.25, 0.3) is 11.4 Å². The second-order valence-corrected chi connectivity index (χ2v) is 6.61. The van der Waals surface area contributed by atoms with Crippen LogP contribution >= 0.6 is 0 Å². The van der Waals surface area contributed by atoms with Crippen LogP contribution in [0.4, 0.5) is 0 Å². The molecule has 0 unspecified atom stereocenters. The first-order valence-electron chi connectivity index (χ1n) is 8.60. The van der Waals surface area contributed by atoms with E-state index in [0.717, 1.165) is 0 Å². The first kappa shape index (κ1) is 18.4. The fraction of sp³-hybridized carbons (Fsp3) is 0.333. The molecule has 0 aliphatic carbocycles. The van der Waals surface area contributed by atoms with Gasteiger partial charge in [-0.1, -0.05) is 13.8 Å². The van der Waals surface area contributed by atoms with Crippen molar-refractivity contribution in [2.24, 2.45) is 13.0 Å². The Kier molecular flexibility index (Phi) is 5.39. The number of pyridine rings is 1. The summed E-state index contributed by atoms with van der Waals surface area (Å²) in [7, 11) is 1.76. The lowest BCUT2D eigenvalue weighted by molar-refractivity contribution is 0.0927. The minimum atomic E-state index is -0.511. The van der Waals surface area contributed by atoms with Crippen LogP contribution < -0.4 is 10.9 Å². The van der Waals surface area contributed by atoms with Gasteiger partial charge in [0.15, 0.2) is 0 Å². The highest BCUT2D eigenvalue weighted by Gasteiger charge is 2.23. The molecular formula is C18H21N7O2. The van der Waals surface area contributed by atoms with Gasteiger partial charge in [0.2, 0.25) is 0 Å². The number of aryl methyl sites for hydroxylation is 1. The number of H-pyrrole nitrogens is 1. The Hall–Kier alpha value is -3.36. The first-order chi connectivity index (χ1) is 13.0. The summed E-state index contributed by atoms with van der Waals surface area (Å²) in [4.78, 5) is 40.1. The average Bonchev–Trinajstić information content (AvgIpc) is 3.07. The summed E-state index contributed by atoms with van der Waals surface area (Å²) < 4.78 is 1.61. The minimum Gasteiger partial charge on any atom is -0.342 e. The van der Waals surface area contributed by atoms with Crippen molar-refractivity contribution in [2.75, 3.05) is 0 Å². The lowest BCUT2D eigenvalue weighted by Gasteiger charge is -2.19. The van der Waals surface area contributed by atoms with Gasteiger partial charge in [0.25, 0.3) is 11.5 Å². The lowest BCUT2D eigenvalue weighted by atomic mass is 10.0. The third-order valence-electron chi connectivity index (χ3n) is 4.05. The Morgan fingerprint density at radius 1 is 1.30 bits per heavy atom. The molecule has 2 N–H and O–H groups in total. The summed E-state index contributed by atoms with van der Waals surface area (Å²) in [5.41, 5.74) is 0.0968. The summed E-state index contributed by atoms with van der Waals surface area (Å²) in [5.74, 6) is 0.802. The number of aromatic nitrogens is 6. The molecule has 0 radical (unpaired) electrons. The van der Waals surface area contributed by atoms with E-state index in [4.69, 9.17) is 0 Å². The Labute approximate surface area is 155 Å². The normalized spacial score (nSPS) is 12.1. The van der Waals surface area contributed by atoms with E-state index in [0.29, 0.717) is 29.6 Å². The second kappa shape index (κ2) is 7.90. The van der Waals surface area contributed by atoms with Crippen molar-refractivity contribution in [3.8, 4) is 11.4 Å². The van der Waals surface area contributed by atoms with E-state index >= 15 is 0 Å². The predicted octanol–water partition coefficient (Wildman–Crippen LogP) is 1.48.